The van der Waals surface area contributed by atoms with E-state index < -0.39 is 0 Å². The van der Waals surface area contributed by atoms with Gasteiger partial charge in [-0.25, -0.2) is 0 Å². The molecule has 2 N–H and O–H groups in total. The lowest BCUT2D eigenvalue weighted by atomic mass is 9.52. The van der Waals surface area contributed by atoms with Crippen LogP contribution in [0.25, 0.3) is 0 Å². The summed E-state index contributed by atoms with van der Waals surface area (Å²) in [6.07, 6.45) is 9.22. The minimum Gasteiger partial charge on any atom is -0.508 e. The average Bonchev–Trinajstić information content (AvgIpc) is 2.74. The van der Waals surface area contributed by atoms with E-state index >= 15 is 0 Å². The molecule has 4 rings (SSSR count). The second-order valence-electron chi connectivity index (χ2n) is 7.78. The van der Waals surface area contributed by atoms with Gasteiger partial charge in [0.25, 0.3) is 0 Å². The third kappa shape index (κ3) is 1.79. The van der Waals surface area contributed by atoms with Crippen LogP contribution in [0.5, 0.6) is 0 Å². The van der Waals surface area contributed by atoms with Crippen LogP contribution in [0.4, 0.5) is 0 Å². The normalized spacial score (nSPS) is 48.9. The summed E-state index contributed by atoms with van der Waals surface area (Å²) in [6, 6.07) is 0. The van der Waals surface area contributed by atoms with Crippen LogP contribution in [0.2, 0.25) is 0 Å². The fourth-order valence-electron chi connectivity index (χ4n) is 5.91. The molecule has 3 nitrogen and oxygen atoms in total. The van der Waals surface area contributed by atoms with Crippen molar-refractivity contribution >= 4 is 5.78 Å². The SMILES string of the molecule is C[C@]12CC[C@@H]3C4C(=O)C=C(O)C=C4CC[C@H]3[C@@H]1CC[C@H]2O. The fraction of sp³-hybridized carbons (Fsp3) is 0.722. The topological polar surface area (TPSA) is 57.5 Å². The van der Waals surface area contributed by atoms with E-state index in [0.29, 0.717) is 17.8 Å². The molecule has 0 spiro atoms. The zero-order chi connectivity index (χ0) is 14.8. The maximum Gasteiger partial charge on any atom is 0.166 e. The van der Waals surface area contributed by atoms with Gasteiger partial charge in [-0.05, 0) is 67.8 Å². The van der Waals surface area contributed by atoms with Crippen LogP contribution >= 0.6 is 0 Å². The Morgan fingerprint density at radius 3 is 2.76 bits per heavy atom. The van der Waals surface area contributed by atoms with Gasteiger partial charge >= 0.3 is 0 Å². The first-order valence-corrected chi connectivity index (χ1v) is 8.34. The molecule has 114 valence electrons. The quantitative estimate of drug-likeness (QED) is 0.720. The molecule has 0 aromatic carbocycles. The molecule has 3 heteroatoms. The highest BCUT2D eigenvalue weighted by atomic mass is 16.3. The van der Waals surface area contributed by atoms with Gasteiger partial charge in [-0.15, -0.1) is 0 Å². The Kier molecular flexibility index (Phi) is 2.88. The fourth-order valence-corrected chi connectivity index (χ4v) is 5.91. The molecule has 0 bridgehead atoms. The summed E-state index contributed by atoms with van der Waals surface area (Å²) < 4.78 is 0. The molecule has 0 amide bonds. The molecule has 0 heterocycles. The summed E-state index contributed by atoms with van der Waals surface area (Å²) in [4.78, 5) is 12.4. The van der Waals surface area contributed by atoms with E-state index in [1.807, 2.05) is 6.08 Å². The Balaban J connectivity index is 1.67. The van der Waals surface area contributed by atoms with Crippen LogP contribution in [-0.4, -0.2) is 22.1 Å². The van der Waals surface area contributed by atoms with E-state index in [1.54, 1.807) is 0 Å². The highest BCUT2D eigenvalue weighted by molar-refractivity contribution is 5.96. The molecule has 4 aliphatic carbocycles. The Labute approximate surface area is 125 Å². The first-order chi connectivity index (χ1) is 10.0. The number of fused-ring (bicyclic) bond motifs is 5. The lowest BCUT2D eigenvalue weighted by Gasteiger charge is -2.52. The smallest absolute Gasteiger partial charge is 0.166 e. The molecule has 0 saturated heterocycles. The number of carbonyl (C=O) groups excluding carboxylic acids is 1. The van der Waals surface area contributed by atoms with Crippen molar-refractivity contribution in [2.75, 3.05) is 0 Å². The van der Waals surface area contributed by atoms with Crippen molar-refractivity contribution in [1.29, 1.82) is 0 Å². The van der Waals surface area contributed by atoms with Crippen molar-refractivity contribution in [3.63, 3.8) is 0 Å². The van der Waals surface area contributed by atoms with Crippen molar-refractivity contribution in [1.82, 2.24) is 0 Å². The number of carbonyl (C=O) groups is 1. The first-order valence-electron chi connectivity index (χ1n) is 8.34. The lowest BCUT2D eigenvalue weighted by Crippen LogP contribution is -2.48. The van der Waals surface area contributed by atoms with Gasteiger partial charge in [-0.1, -0.05) is 12.5 Å². The van der Waals surface area contributed by atoms with Crippen LogP contribution in [0.3, 0.4) is 0 Å². The summed E-state index contributed by atoms with van der Waals surface area (Å²) in [5.41, 5.74) is 1.21. The largest absolute Gasteiger partial charge is 0.508 e. The maximum atomic E-state index is 12.4. The van der Waals surface area contributed by atoms with E-state index in [0.717, 1.165) is 44.1 Å². The van der Waals surface area contributed by atoms with Gasteiger partial charge in [0, 0.05) is 12.0 Å². The summed E-state index contributed by atoms with van der Waals surface area (Å²) in [5, 5.41) is 20.0. The highest BCUT2D eigenvalue weighted by Crippen LogP contribution is 2.61. The second kappa shape index (κ2) is 4.45. The lowest BCUT2D eigenvalue weighted by molar-refractivity contribution is -0.123. The van der Waals surface area contributed by atoms with E-state index in [2.05, 4.69) is 6.92 Å². The molecule has 0 aromatic rings. The van der Waals surface area contributed by atoms with Crippen molar-refractivity contribution in [2.45, 2.75) is 51.6 Å². The van der Waals surface area contributed by atoms with Crippen molar-refractivity contribution in [2.24, 2.45) is 29.1 Å². The van der Waals surface area contributed by atoms with Crippen LogP contribution < -0.4 is 0 Å². The zero-order valence-electron chi connectivity index (χ0n) is 12.6. The molecule has 1 unspecified atom stereocenters. The van der Waals surface area contributed by atoms with E-state index in [9.17, 15) is 15.0 Å². The summed E-state index contributed by atoms with van der Waals surface area (Å²) in [5.74, 6) is 1.79. The zero-order valence-corrected chi connectivity index (χ0v) is 12.6. The van der Waals surface area contributed by atoms with E-state index in [4.69, 9.17) is 0 Å². The summed E-state index contributed by atoms with van der Waals surface area (Å²) in [7, 11) is 0. The maximum absolute atomic E-state index is 12.4. The Bertz CT molecular complexity index is 547. The highest BCUT2D eigenvalue weighted by Gasteiger charge is 2.56. The van der Waals surface area contributed by atoms with Crippen molar-refractivity contribution in [3.8, 4) is 0 Å². The summed E-state index contributed by atoms with van der Waals surface area (Å²) in [6.45, 7) is 2.26. The van der Waals surface area contributed by atoms with Gasteiger partial charge in [0.1, 0.15) is 5.76 Å². The molecule has 3 fully saturated rings. The molecule has 6 atom stereocenters. The van der Waals surface area contributed by atoms with Gasteiger partial charge < -0.3 is 10.2 Å². The number of aliphatic hydroxyl groups is 2. The van der Waals surface area contributed by atoms with Gasteiger partial charge in [0.15, 0.2) is 5.78 Å². The van der Waals surface area contributed by atoms with Crippen LogP contribution in [0.1, 0.15) is 45.4 Å². The molecule has 4 aliphatic rings. The molecule has 0 aromatic heterocycles. The number of allylic oxidation sites excluding steroid dienone is 3. The number of ketones is 1. The van der Waals surface area contributed by atoms with Crippen LogP contribution in [0.15, 0.2) is 23.5 Å². The van der Waals surface area contributed by atoms with Gasteiger partial charge in [-0.2, -0.15) is 0 Å². The molecule has 0 aliphatic heterocycles. The molecular weight excluding hydrogens is 264 g/mol. The first kappa shape index (κ1) is 13.6. The predicted octanol–water partition coefficient (Wildman–Crippen LogP) is 3.15. The van der Waals surface area contributed by atoms with Gasteiger partial charge in [0.2, 0.25) is 0 Å². The Morgan fingerprint density at radius 1 is 1.14 bits per heavy atom. The molecule has 21 heavy (non-hydrogen) atoms. The van der Waals surface area contributed by atoms with Crippen molar-refractivity contribution < 1.29 is 15.0 Å². The standard InChI is InChI=1S/C18H24O3/c1-18-7-6-13-12(14(18)4-5-16(18)21)3-2-10-8-11(19)9-15(20)17(10)13/h8-9,12-14,16-17,19,21H,2-7H2,1H3/t12-,13+,14+,16-,17?,18+/m1/s1. The van der Waals surface area contributed by atoms with Crippen LogP contribution in [0, 0.1) is 29.1 Å². The van der Waals surface area contributed by atoms with Crippen molar-refractivity contribution in [3.05, 3.63) is 23.5 Å². The molecule has 3 saturated carbocycles. The minimum atomic E-state index is -0.161. The number of rotatable bonds is 0. The summed E-state index contributed by atoms with van der Waals surface area (Å²) >= 11 is 0. The minimum absolute atomic E-state index is 0.00180. The predicted molar refractivity (Wildman–Crippen MR) is 79.6 cm³/mol. The van der Waals surface area contributed by atoms with Gasteiger partial charge in [0.05, 0.1) is 6.10 Å². The molecular formula is C18H24O3. The second-order valence-corrected chi connectivity index (χ2v) is 7.78. The Hall–Kier alpha value is -1.09. The average molecular weight is 288 g/mol. The van der Waals surface area contributed by atoms with Crippen LogP contribution in [-0.2, 0) is 4.79 Å². The van der Waals surface area contributed by atoms with Gasteiger partial charge in [-0.3, -0.25) is 4.79 Å². The monoisotopic (exact) mass is 288 g/mol. The number of aliphatic hydroxyl groups excluding tert-OH is 2. The van der Waals surface area contributed by atoms with E-state index in [1.165, 1.54) is 6.08 Å². The Morgan fingerprint density at radius 2 is 1.95 bits per heavy atom. The molecule has 0 radical (unpaired) electrons. The number of hydrogen-bond acceptors (Lipinski definition) is 3. The third-order valence-electron chi connectivity index (χ3n) is 6.97. The third-order valence-corrected chi connectivity index (χ3v) is 6.97. The van der Waals surface area contributed by atoms with E-state index in [-0.39, 0.29) is 29.0 Å². The number of hydrogen-bond donors (Lipinski definition) is 2.